The minimum absolute atomic E-state index is 0.109. The van der Waals surface area contributed by atoms with Crippen LogP contribution in [0.4, 0.5) is 5.82 Å². The number of aryl methyl sites for hydroxylation is 1. The molecule has 4 heteroatoms. The topological polar surface area (TPSA) is 42.0 Å². The molecule has 1 aromatic heterocycles. The molecule has 0 saturated carbocycles. The molecule has 0 atom stereocenters. The molecule has 0 bridgehead atoms. The summed E-state index contributed by atoms with van der Waals surface area (Å²) in [6.07, 6.45) is 1.08. The number of nitrogens with one attached hydrogen (secondary N) is 1. The van der Waals surface area contributed by atoms with Gasteiger partial charge in [-0.25, -0.2) is 4.98 Å². The van der Waals surface area contributed by atoms with Crippen LogP contribution in [0.25, 0.3) is 0 Å². The van der Waals surface area contributed by atoms with Crippen molar-refractivity contribution < 1.29 is 4.79 Å². The number of carbonyl (C=O) groups is 1. The summed E-state index contributed by atoms with van der Waals surface area (Å²) in [4.78, 5) is 17.7. The van der Waals surface area contributed by atoms with Crippen molar-refractivity contribution in [1.82, 2.24) is 4.98 Å². The Morgan fingerprint density at radius 3 is 2.75 bits per heavy atom. The predicted octanol–water partition coefficient (Wildman–Crippen LogP) is 4.14. The molecule has 1 N–H and O–H groups in total. The molecule has 0 aliphatic heterocycles. The second kappa shape index (κ2) is 7.10. The molecule has 0 radical (unpaired) electrons. The number of hydrogen-bond acceptors (Lipinski definition) is 3. The van der Waals surface area contributed by atoms with Crippen LogP contribution >= 0.6 is 11.8 Å². The Bertz CT molecular complexity index is 599. The van der Waals surface area contributed by atoms with E-state index >= 15 is 0 Å². The van der Waals surface area contributed by atoms with E-state index in [1.165, 1.54) is 0 Å². The van der Waals surface area contributed by atoms with Crippen molar-refractivity contribution in [1.29, 1.82) is 0 Å². The molecule has 2 rings (SSSR count). The van der Waals surface area contributed by atoms with Crippen molar-refractivity contribution in [3.8, 4) is 0 Å². The monoisotopic (exact) mass is 286 g/mol. The average molecular weight is 286 g/mol. The van der Waals surface area contributed by atoms with Crippen molar-refractivity contribution >= 4 is 23.5 Å². The van der Waals surface area contributed by atoms with E-state index in [-0.39, 0.29) is 5.91 Å². The lowest BCUT2D eigenvalue weighted by Gasteiger charge is -2.09. The first-order valence-electron chi connectivity index (χ1n) is 6.67. The number of anilines is 1. The Balaban J connectivity index is 2.16. The normalized spacial score (nSPS) is 10.3. The Morgan fingerprint density at radius 2 is 2.00 bits per heavy atom. The number of carbonyl (C=O) groups excluding carboxylic acids is 1. The highest BCUT2D eigenvalue weighted by atomic mass is 32.2. The zero-order valence-electron chi connectivity index (χ0n) is 11.7. The van der Waals surface area contributed by atoms with Crippen molar-refractivity contribution in [2.75, 3.05) is 11.1 Å². The predicted molar refractivity (Wildman–Crippen MR) is 84.4 cm³/mol. The molecule has 1 amide bonds. The van der Waals surface area contributed by atoms with Crippen LogP contribution in [0.2, 0.25) is 0 Å². The van der Waals surface area contributed by atoms with Crippen molar-refractivity contribution in [2.45, 2.75) is 25.2 Å². The van der Waals surface area contributed by atoms with Crippen LogP contribution < -0.4 is 5.32 Å². The van der Waals surface area contributed by atoms with Crippen LogP contribution in [0.5, 0.6) is 0 Å². The molecule has 1 heterocycles. The minimum Gasteiger partial charge on any atom is -0.307 e. The van der Waals surface area contributed by atoms with E-state index in [0.29, 0.717) is 11.4 Å². The second-order valence-corrected chi connectivity index (χ2v) is 5.60. The van der Waals surface area contributed by atoms with Gasteiger partial charge in [-0.05, 0) is 43.4 Å². The SMILES string of the molecule is CCCSc1ccccc1C(=O)Nc1cccc(C)n1. The molecule has 104 valence electrons. The molecule has 0 unspecified atom stereocenters. The van der Waals surface area contributed by atoms with E-state index in [1.54, 1.807) is 17.8 Å². The number of thioether (sulfide) groups is 1. The van der Waals surface area contributed by atoms with E-state index in [4.69, 9.17) is 0 Å². The number of hydrogen-bond donors (Lipinski definition) is 1. The smallest absolute Gasteiger partial charge is 0.257 e. The molecule has 0 aliphatic carbocycles. The molecular weight excluding hydrogens is 268 g/mol. The Labute approximate surface area is 123 Å². The average Bonchev–Trinajstić information content (AvgIpc) is 2.45. The maximum atomic E-state index is 12.3. The zero-order chi connectivity index (χ0) is 14.4. The molecular formula is C16H18N2OS. The van der Waals surface area contributed by atoms with E-state index in [1.807, 2.05) is 43.3 Å². The molecule has 0 saturated heterocycles. The fourth-order valence-electron chi connectivity index (χ4n) is 1.79. The first-order valence-corrected chi connectivity index (χ1v) is 7.66. The Morgan fingerprint density at radius 1 is 1.20 bits per heavy atom. The molecule has 0 spiro atoms. The van der Waals surface area contributed by atoms with Gasteiger partial charge in [-0.15, -0.1) is 11.8 Å². The second-order valence-electron chi connectivity index (χ2n) is 4.46. The van der Waals surface area contributed by atoms with Gasteiger partial charge in [0.05, 0.1) is 5.56 Å². The summed E-state index contributed by atoms with van der Waals surface area (Å²) in [6, 6.07) is 13.3. The molecule has 20 heavy (non-hydrogen) atoms. The number of pyridine rings is 1. The number of aromatic nitrogens is 1. The summed E-state index contributed by atoms with van der Waals surface area (Å²) >= 11 is 1.71. The van der Waals surface area contributed by atoms with Crippen LogP contribution in [0.3, 0.4) is 0 Å². The molecule has 1 aromatic carbocycles. The van der Waals surface area contributed by atoms with Crippen LogP contribution in [0.15, 0.2) is 47.4 Å². The van der Waals surface area contributed by atoms with Gasteiger partial charge in [-0.3, -0.25) is 4.79 Å². The highest BCUT2D eigenvalue weighted by Crippen LogP contribution is 2.23. The van der Waals surface area contributed by atoms with Crippen molar-refractivity contribution in [3.05, 3.63) is 53.7 Å². The van der Waals surface area contributed by atoms with E-state index in [9.17, 15) is 4.79 Å². The summed E-state index contributed by atoms with van der Waals surface area (Å²) in [5.74, 6) is 1.49. The van der Waals surface area contributed by atoms with Gasteiger partial charge in [0.25, 0.3) is 5.91 Å². The first kappa shape index (κ1) is 14.6. The third kappa shape index (κ3) is 3.84. The van der Waals surface area contributed by atoms with Gasteiger partial charge >= 0.3 is 0 Å². The first-order chi connectivity index (χ1) is 9.70. The van der Waals surface area contributed by atoms with Crippen LogP contribution in [0, 0.1) is 6.92 Å². The lowest BCUT2D eigenvalue weighted by Crippen LogP contribution is -2.14. The van der Waals surface area contributed by atoms with Gasteiger partial charge < -0.3 is 5.32 Å². The Kier molecular flexibility index (Phi) is 5.18. The van der Waals surface area contributed by atoms with Crippen LogP contribution in [-0.2, 0) is 0 Å². The third-order valence-corrected chi connectivity index (χ3v) is 4.00. The van der Waals surface area contributed by atoms with Crippen LogP contribution in [0.1, 0.15) is 29.4 Å². The standard InChI is InChI=1S/C16H18N2OS/c1-3-11-20-14-9-5-4-8-13(14)16(19)18-15-10-6-7-12(2)17-15/h4-10H,3,11H2,1-2H3,(H,17,18,19). The highest BCUT2D eigenvalue weighted by molar-refractivity contribution is 7.99. The summed E-state index contributed by atoms with van der Waals surface area (Å²) in [7, 11) is 0. The van der Waals surface area contributed by atoms with Gasteiger partial charge in [0.15, 0.2) is 0 Å². The maximum Gasteiger partial charge on any atom is 0.257 e. The summed E-state index contributed by atoms with van der Waals surface area (Å²) in [5.41, 5.74) is 1.59. The fourth-order valence-corrected chi connectivity index (χ4v) is 2.70. The van der Waals surface area contributed by atoms with Gasteiger partial charge in [0, 0.05) is 10.6 Å². The highest BCUT2D eigenvalue weighted by Gasteiger charge is 2.11. The quantitative estimate of drug-likeness (QED) is 0.840. The number of nitrogens with zero attached hydrogens (tertiary/aromatic N) is 1. The van der Waals surface area contributed by atoms with Gasteiger partial charge in [-0.2, -0.15) is 0 Å². The largest absolute Gasteiger partial charge is 0.307 e. The van der Waals surface area contributed by atoms with Gasteiger partial charge in [0.1, 0.15) is 5.82 Å². The lowest BCUT2D eigenvalue weighted by molar-refractivity contribution is 0.102. The van der Waals surface area contributed by atoms with Gasteiger partial charge in [-0.1, -0.05) is 25.1 Å². The van der Waals surface area contributed by atoms with Gasteiger partial charge in [0.2, 0.25) is 0 Å². The van der Waals surface area contributed by atoms with E-state index in [2.05, 4.69) is 17.2 Å². The summed E-state index contributed by atoms with van der Waals surface area (Å²) in [5, 5.41) is 2.85. The summed E-state index contributed by atoms with van der Waals surface area (Å²) < 4.78 is 0. The zero-order valence-corrected chi connectivity index (χ0v) is 12.5. The Hall–Kier alpha value is -1.81. The third-order valence-electron chi connectivity index (χ3n) is 2.72. The number of benzene rings is 1. The van der Waals surface area contributed by atoms with E-state index < -0.39 is 0 Å². The maximum absolute atomic E-state index is 12.3. The van der Waals surface area contributed by atoms with Crippen molar-refractivity contribution in [2.24, 2.45) is 0 Å². The summed E-state index contributed by atoms with van der Waals surface area (Å²) in [6.45, 7) is 4.03. The number of rotatable bonds is 5. The molecule has 3 nitrogen and oxygen atoms in total. The number of amides is 1. The van der Waals surface area contributed by atoms with Crippen LogP contribution in [-0.4, -0.2) is 16.6 Å². The van der Waals surface area contributed by atoms with Crippen molar-refractivity contribution in [3.63, 3.8) is 0 Å². The minimum atomic E-state index is -0.109. The molecule has 0 aliphatic rings. The molecule has 0 fully saturated rings. The fraction of sp³-hybridized carbons (Fsp3) is 0.250. The lowest BCUT2D eigenvalue weighted by atomic mass is 10.2. The molecule has 2 aromatic rings. The van der Waals surface area contributed by atoms with E-state index in [0.717, 1.165) is 22.8 Å².